The Kier molecular flexibility index (Phi) is 7.48. The molecule has 0 saturated heterocycles. The molecule has 0 radical (unpaired) electrons. The van der Waals surface area contributed by atoms with Gasteiger partial charge in [-0.05, 0) is 61.4 Å². The highest BCUT2D eigenvalue weighted by atomic mass is 32.1. The van der Waals surface area contributed by atoms with Gasteiger partial charge in [-0.3, -0.25) is 19.5 Å². The lowest BCUT2D eigenvalue weighted by molar-refractivity contribution is -0.384. The molecular formula is C33H27N3O7S. The molecule has 1 aliphatic rings. The van der Waals surface area contributed by atoms with E-state index in [2.05, 4.69) is 4.99 Å². The number of carbonyl (C=O) groups excluding carboxylic acids is 1. The third-order valence-corrected chi connectivity index (χ3v) is 8.51. The number of carbonyl (C=O) groups is 1. The summed E-state index contributed by atoms with van der Waals surface area (Å²) in [5.74, 6) is 0.893. The maximum atomic E-state index is 14.2. The molecule has 222 valence electrons. The Bertz CT molecular complexity index is 2190. The number of fused-ring (bicyclic) bond motifs is 2. The van der Waals surface area contributed by atoms with Crippen molar-refractivity contribution in [3.05, 3.63) is 125 Å². The number of nitro benzene ring substituents is 1. The maximum Gasteiger partial charge on any atom is 0.338 e. The van der Waals surface area contributed by atoms with E-state index in [0.717, 1.165) is 10.8 Å². The molecule has 1 atom stereocenters. The zero-order valence-electron chi connectivity index (χ0n) is 24.3. The number of thiazole rings is 1. The number of nitro groups is 1. The number of ether oxygens (including phenoxy) is 2. The number of rotatable bonds is 7. The number of hydrogen-bond acceptors (Lipinski definition) is 9. The molecule has 10 nitrogen and oxygen atoms in total. The number of aromatic nitrogens is 1. The van der Waals surface area contributed by atoms with Gasteiger partial charge in [0.05, 0.1) is 34.4 Å². The Morgan fingerprint density at radius 2 is 1.93 bits per heavy atom. The maximum absolute atomic E-state index is 14.2. The molecular weight excluding hydrogens is 582 g/mol. The topological polar surface area (TPSA) is 126 Å². The Morgan fingerprint density at radius 3 is 2.66 bits per heavy atom. The van der Waals surface area contributed by atoms with E-state index in [1.807, 2.05) is 36.4 Å². The molecule has 11 heteroatoms. The molecule has 44 heavy (non-hydrogen) atoms. The number of methoxy groups -OCH3 is 1. The van der Waals surface area contributed by atoms with Gasteiger partial charge < -0.3 is 13.9 Å². The molecule has 0 unspecified atom stereocenters. The van der Waals surface area contributed by atoms with E-state index in [0.29, 0.717) is 49.0 Å². The molecule has 0 fully saturated rings. The fraction of sp³-hybridized carbons (Fsp3) is 0.182. The Morgan fingerprint density at radius 1 is 1.14 bits per heavy atom. The van der Waals surface area contributed by atoms with Crippen LogP contribution in [-0.4, -0.2) is 29.2 Å². The van der Waals surface area contributed by atoms with Crippen LogP contribution in [0.25, 0.3) is 28.2 Å². The lowest BCUT2D eigenvalue weighted by Gasteiger charge is -2.27. The van der Waals surface area contributed by atoms with Crippen LogP contribution < -0.4 is 19.6 Å². The van der Waals surface area contributed by atoms with Crippen LogP contribution in [0.4, 0.5) is 5.69 Å². The minimum absolute atomic E-state index is 0.00556. The van der Waals surface area contributed by atoms with Gasteiger partial charge in [0.2, 0.25) is 0 Å². The van der Waals surface area contributed by atoms with E-state index < -0.39 is 16.9 Å². The zero-order valence-corrected chi connectivity index (χ0v) is 25.1. The van der Waals surface area contributed by atoms with Crippen molar-refractivity contribution < 1.29 is 23.6 Å². The van der Waals surface area contributed by atoms with Gasteiger partial charge in [0.1, 0.15) is 23.3 Å². The van der Waals surface area contributed by atoms with Crippen LogP contribution >= 0.6 is 11.3 Å². The Balaban J connectivity index is 1.53. The van der Waals surface area contributed by atoms with Crippen molar-refractivity contribution in [3.63, 3.8) is 0 Å². The minimum atomic E-state index is -0.858. The Labute approximate surface area is 255 Å². The minimum Gasteiger partial charge on any atom is -0.496 e. The number of furan rings is 1. The quantitative estimate of drug-likeness (QED) is 0.137. The van der Waals surface area contributed by atoms with Crippen molar-refractivity contribution in [2.45, 2.75) is 26.8 Å². The second kappa shape index (κ2) is 11.4. The zero-order chi connectivity index (χ0) is 31.1. The van der Waals surface area contributed by atoms with Gasteiger partial charge in [-0.1, -0.05) is 41.7 Å². The largest absolute Gasteiger partial charge is 0.496 e. The van der Waals surface area contributed by atoms with Crippen LogP contribution in [0.5, 0.6) is 5.75 Å². The van der Waals surface area contributed by atoms with Crippen molar-refractivity contribution >= 4 is 39.8 Å². The van der Waals surface area contributed by atoms with Crippen molar-refractivity contribution in [2.75, 3.05) is 13.7 Å². The van der Waals surface area contributed by atoms with Crippen LogP contribution in [0, 0.1) is 17.0 Å². The third kappa shape index (κ3) is 4.90. The van der Waals surface area contributed by atoms with E-state index >= 15 is 0 Å². The molecule has 0 saturated carbocycles. The summed E-state index contributed by atoms with van der Waals surface area (Å²) in [6.45, 7) is 5.40. The average molecular weight is 610 g/mol. The molecule has 0 amide bonds. The van der Waals surface area contributed by atoms with Gasteiger partial charge in [0, 0.05) is 29.3 Å². The Hall–Kier alpha value is -5.29. The van der Waals surface area contributed by atoms with E-state index in [1.54, 1.807) is 52.2 Å². The first-order valence-corrected chi connectivity index (χ1v) is 14.6. The lowest BCUT2D eigenvalue weighted by atomic mass is 9.90. The summed E-state index contributed by atoms with van der Waals surface area (Å²) in [5, 5.41) is 12.9. The number of esters is 1. The van der Waals surface area contributed by atoms with Crippen LogP contribution in [0.15, 0.2) is 92.2 Å². The number of nitrogens with zero attached hydrogens (tertiary/aromatic N) is 3. The molecule has 0 bridgehead atoms. The highest BCUT2D eigenvalue weighted by Gasteiger charge is 2.36. The van der Waals surface area contributed by atoms with E-state index in [4.69, 9.17) is 13.9 Å². The smallest absolute Gasteiger partial charge is 0.338 e. The highest BCUT2D eigenvalue weighted by Crippen LogP contribution is 2.40. The molecule has 6 rings (SSSR count). The number of benzene rings is 3. The summed E-state index contributed by atoms with van der Waals surface area (Å²) in [5.41, 5.74) is 2.39. The predicted octanol–water partition coefficient (Wildman–Crippen LogP) is 5.44. The third-order valence-electron chi connectivity index (χ3n) is 7.53. The predicted molar refractivity (Wildman–Crippen MR) is 166 cm³/mol. The summed E-state index contributed by atoms with van der Waals surface area (Å²) in [6.07, 6.45) is 1.63. The van der Waals surface area contributed by atoms with Crippen LogP contribution in [0.2, 0.25) is 0 Å². The molecule has 5 aromatic rings. The summed E-state index contributed by atoms with van der Waals surface area (Å²) >= 11 is 1.18. The number of non-ortho nitro benzene ring substituents is 1. The van der Waals surface area contributed by atoms with Gasteiger partial charge in [-0.15, -0.1) is 0 Å². The summed E-state index contributed by atoms with van der Waals surface area (Å²) in [7, 11) is 1.55. The number of aryl methyl sites for hydroxylation is 1. The first kappa shape index (κ1) is 28.8. The second-order valence-electron chi connectivity index (χ2n) is 10.2. The molecule has 3 aromatic carbocycles. The van der Waals surface area contributed by atoms with E-state index in [9.17, 15) is 19.7 Å². The fourth-order valence-corrected chi connectivity index (χ4v) is 6.57. The van der Waals surface area contributed by atoms with Crippen molar-refractivity contribution in [2.24, 2.45) is 4.99 Å². The van der Waals surface area contributed by atoms with Gasteiger partial charge in [-0.25, -0.2) is 9.79 Å². The highest BCUT2D eigenvalue weighted by molar-refractivity contribution is 7.07. The molecule has 0 aliphatic carbocycles. The molecule has 2 aromatic heterocycles. The van der Waals surface area contributed by atoms with Crippen molar-refractivity contribution in [3.8, 4) is 17.1 Å². The van der Waals surface area contributed by atoms with Crippen LogP contribution in [0.1, 0.15) is 36.8 Å². The summed E-state index contributed by atoms with van der Waals surface area (Å²) in [6, 6.07) is 18.7. The van der Waals surface area contributed by atoms with Gasteiger partial charge in [0.25, 0.3) is 11.2 Å². The number of allylic oxidation sites excluding steroid dienone is 1. The SMILES string of the molecule is CCOC(=O)C1=C(C)N=c2s/c(=C/c3ccc(-c4ccc([N+](=O)[O-])cc4C)o3)c(=O)n2[C@H]1c1c(OC)ccc2ccccc12. The van der Waals surface area contributed by atoms with Crippen LogP contribution in [-0.2, 0) is 9.53 Å². The van der Waals surface area contributed by atoms with Gasteiger partial charge in [0.15, 0.2) is 4.80 Å². The molecule has 0 N–H and O–H groups in total. The van der Waals surface area contributed by atoms with Crippen molar-refractivity contribution in [1.29, 1.82) is 0 Å². The number of hydrogen-bond donors (Lipinski definition) is 0. The molecule has 0 spiro atoms. The molecule has 3 heterocycles. The van der Waals surface area contributed by atoms with E-state index in [-0.39, 0.29) is 23.4 Å². The van der Waals surface area contributed by atoms with Crippen molar-refractivity contribution in [1.82, 2.24) is 4.57 Å². The van der Waals surface area contributed by atoms with Gasteiger partial charge in [-0.2, -0.15) is 0 Å². The first-order chi connectivity index (χ1) is 21.2. The monoisotopic (exact) mass is 609 g/mol. The van der Waals surface area contributed by atoms with E-state index in [1.165, 1.54) is 28.0 Å². The molecule has 1 aliphatic heterocycles. The second-order valence-corrected chi connectivity index (χ2v) is 11.2. The normalized spacial score (nSPS) is 14.8. The average Bonchev–Trinajstić information content (AvgIpc) is 3.59. The standard InChI is InChI=1S/C33H27N3O7S/c1-5-42-32(38)28-19(3)34-33-35(30(28)29-24-9-7-6-8-20(24)10-14-26(29)41-4)31(37)27(44-33)17-22-12-15-25(43-22)23-13-11-21(36(39)40)16-18(23)2/h6-17,30H,5H2,1-4H3/b27-17+/t30-/m1/s1. The fourth-order valence-electron chi connectivity index (χ4n) is 5.54. The van der Waals surface area contributed by atoms with Crippen LogP contribution in [0.3, 0.4) is 0 Å². The summed E-state index contributed by atoms with van der Waals surface area (Å²) in [4.78, 5) is 43.4. The lowest BCUT2D eigenvalue weighted by Crippen LogP contribution is -2.40. The first-order valence-electron chi connectivity index (χ1n) is 13.8. The van der Waals surface area contributed by atoms with Gasteiger partial charge >= 0.3 is 5.97 Å². The summed E-state index contributed by atoms with van der Waals surface area (Å²) < 4.78 is 19.2.